The number of benzene rings is 2. The van der Waals surface area contributed by atoms with E-state index in [1.54, 1.807) is 9.80 Å². The highest BCUT2D eigenvalue weighted by atomic mass is 35.5. The van der Waals surface area contributed by atoms with Crippen molar-refractivity contribution in [2.75, 3.05) is 27.3 Å². The van der Waals surface area contributed by atoms with E-state index >= 15 is 0 Å². The highest BCUT2D eigenvalue weighted by Crippen LogP contribution is 2.51. The lowest BCUT2D eigenvalue weighted by molar-refractivity contribution is -0.137. The summed E-state index contributed by atoms with van der Waals surface area (Å²) in [5.41, 5.74) is 6.12. The second kappa shape index (κ2) is 17.9. The predicted octanol–water partition coefficient (Wildman–Crippen LogP) is 7.95. The molecule has 3 aliphatic heterocycles. The number of likely N-dealkylation sites (tertiary alicyclic amines) is 1. The maximum Gasteiger partial charge on any atom is 0.407 e. The highest BCUT2D eigenvalue weighted by Gasteiger charge is 2.39. The van der Waals surface area contributed by atoms with Crippen molar-refractivity contribution in [2.45, 2.75) is 98.2 Å². The number of methoxy groups -OCH3 is 2. The zero-order chi connectivity index (χ0) is 43.9. The molecule has 0 saturated carbocycles. The summed E-state index contributed by atoms with van der Waals surface area (Å²) < 4.78 is 22.4. The average Bonchev–Trinajstić information content (AvgIpc) is 4.00. The lowest BCUT2D eigenvalue weighted by atomic mass is 9.87. The van der Waals surface area contributed by atoms with Crippen molar-refractivity contribution in [2.24, 2.45) is 11.8 Å². The van der Waals surface area contributed by atoms with Crippen molar-refractivity contribution in [1.82, 2.24) is 40.4 Å². The maximum atomic E-state index is 13.8. The topological polar surface area (TPSA) is 193 Å². The first-order valence-corrected chi connectivity index (χ1v) is 21.3. The van der Waals surface area contributed by atoms with Gasteiger partial charge in [0.1, 0.15) is 70.1 Å². The molecule has 61 heavy (non-hydrogen) atoms. The van der Waals surface area contributed by atoms with Crippen LogP contribution < -0.4 is 20.1 Å². The van der Waals surface area contributed by atoms with Crippen LogP contribution >= 0.6 is 23.2 Å². The molecular weight excluding hydrogens is 827 g/mol. The van der Waals surface area contributed by atoms with Gasteiger partial charge >= 0.3 is 12.2 Å². The zero-order valence-electron chi connectivity index (χ0n) is 35.5. The number of hydrogen-bond acceptors (Lipinski definition) is 10. The molecule has 2 aromatic carbocycles. The third-order valence-electron chi connectivity index (χ3n) is 11.5. The van der Waals surface area contributed by atoms with Gasteiger partial charge in [0.05, 0.1) is 26.3 Å². The lowest BCUT2D eigenvalue weighted by Gasteiger charge is -2.33. The molecule has 4 aromatic rings. The number of hydrogen-bond donors (Lipinski definition) is 4. The molecule has 4 amide bonds. The zero-order valence-corrected chi connectivity index (χ0v) is 37.0. The van der Waals surface area contributed by atoms with Crippen LogP contribution in [0.15, 0.2) is 24.3 Å². The Kier molecular flexibility index (Phi) is 12.8. The SMILES string of the molecule is CCCN(C(=O)C(NC(=O)OC)C(C)C)C(C)c1nc(-c2cc3c4c(c2)OCc2cc(-c5nc(C6CCCN6C(=O)C(NC(=O)OC)C(C)C)[nH]c5Cl)cc(c2-4)OC3)c(Cl)[nH]1. The molecule has 1 saturated heterocycles. The number of rotatable bonds is 13. The smallest absolute Gasteiger partial charge is 0.407 e. The first-order valence-electron chi connectivity index (χ1n) is 20.6. The summed E-state index contributed by atoms with van der Waals surface area (Å²) in [4.78, 5) is 71.4. The van der Waals surface area contributed by atoms with E-state index in [2.05, 4.69) is 20.6 Å². The normalized spacial score (nSPS) is 16.6. The molecule has 326 valence electrons. The van der Waals surface area contributed by atoms with Crippen molar-refractivity contribution in [3.63, 3.8) is 0 Å². The van der Waals surface area contributed by atoms with Gasteiger partial charge in [-0.1, -0.05) is 57.8 Å². The number of H-pyrrole nitrogens is 2. The number of ether oxygens (including phenoxy) is 4. The van der Waals surface area contributed by atoms with Gasteiger partial charge in [-0.2, -0.15) is 0 Å². The Balaban J connectivity index is 1.15. The van der Waals surface area contributed by atoms with E-state index in [-0.39, 0.29) is 42.9 Å². The monoisotopic (exact) mass is 878 g/mol. The van der Waals surface area contributed by atoms with E-state index in [1.807, 2.05) is 65.8 Å². The summed E-state index contributed by atoms with van der Waals surface area (Å²) in [7, 11) is 2.53. The Hall–Kier alpha value is -5.48. The van der Waals surface area contributed by atoms with E-state index in [0.29, 0.717) is 70.8 Å². The van der Waals surface area contributed by atoms with Crippen molar-refractivity contribution < 1.29 is 38.1 Å². The minimum absolute atomic E-state index is 0.163. The van der Waals surface area contributed by atoms with Crippen molar-refractivity contribution >= 4 is 47.2 Å². The molecule has 2 aromatic heterocycles. The molecule has 4 N–H and O–H groups in total. The van der Waals surface area contributed by atoms with Crippen LogP contribution in [-0.2, 0) is 32.3 Å². The predicted molar refractivity (Wildman–Crippen MR) is 228 cm³/mol. The largest absolute Gasteiger partial charge is 0.488 e. The number of aromatic amines is 2. The summed E-state index contributed by atoms with van der Waals surface area (Å²) in [5.74, 6) is 1.57. The summed E-state index contributed by atoms with van der Waals surface area (Å²) in [6.07, 6.45) is 0.799. The van der Waals surface area contributed by atoms with Gasteiger partial charge in [0, 0.05) is 46.5 Å². The van der Waals surface area contributed by atoms with E-state index in [0.717, 1.165) is 39.8 Å². The van der Waals surface area contributed by atoms with Gasteiger partial charge in [0.15, 0.2) is 0 Å². The molecule has 4 unspecified atom stereocenters. The van der Waals surface area contributed by atoms with Crippen LogP contribution in [0.3, 0.4) is 0 Å². The average molecular weight is 880 g/mol. The second-order valence-corrected chi connectivity index (χ2v) is 17.0. The molecule has 0 aliphatic carbocycles. The van der Waals surface area contributed by atoms with Gasteiger partial charge < -0.3 is 49.3 Å². The fraction of sp³-hybridized carbons (Fsp3) is 0.488. The molecule has 0 bridgehead atoms. The van der Waals surface area contributed by atoms with Crippen LogP contribution in [0.5, 0.6) is 11.5 Å². The number of carbonyl (C=O) groups is 4. The standard InChI is InChI=1S/C43H52Cl2N8O8/c1-9-12-52(40(54)32(20(2)3)48-42(56)58-7)22(6)38-46-34(36(44)50-38)23-14-25-18-61-29-17-24(15-26-19-60-28(16-23)30(25)31(26)29)35-37(45)51-39(47-35)27-11-10-13-53(27)41(55)33(21(4)5)49-43(57)59-8/h14-17,20-22,27,32-33H,9-13,18-19H2,1-8H3,(H,46,50)(H,47,51)(H,48,56)(H,49,57). The second-order valence-electron chi connectivity index (χ2n) is 16.3. The Labute approximate surface area is 364 Å². The molecule has 18 heteroatoms. The van der Waals surface area contributed by atoms with Crippen molar-refractivity contribution in [3.05, 3.63) is 57.3 Å². The van der Waals surface area contributed by atoms with Crippen molar-refractivity contribution in [1.29, 1.82) is 0 Å². The number of alkyl carbamates (subject to hydrolysis) is 2. The van der Waals surface area contributed by atoms with E-state index in [1.165, 1.54) is 14.2 Å². The van der Waals surface area contributed by atoms with Gasteiger partial charge in [-0.05, 0) is 62.3 Å². The van der Waals surface area contributed by atoms with Crippen LogP contribution in [0.1, 0.15) is 95.7 Å². The Morgan fingerprint density at radius 3 is 1.92 bits per heavy atom. The number of imidazole rings is 2. The molecule has 5 heterocycles. The molecule has 4 atom stereocenters. The highest BCUT2D eigenvalue weighted by molar-refractivity contribution is 6.32. The fourth-order valence-corrected chi connectivity index (χ4v) is 8.88. The van der Waals surface area contributed by atoms with E-state index in [9.17, 15) is 19.2 Å². The minimum Gasteiger partial charge on any atom is -0.488 e. The van der Waals surface area contributed by atoms with Crippen molar-refractivity contribution in [3.8, 4) is 45.1 Å². The van der Waals surface area contributed by atoms with Gasteiger partial charge in [0.25, 0.3) is 0 Å². The number of amides is 4. The lowest BCUT2D eigenvalue weighted by Crippen LogP contribution is -2.52. The van der Waals surface area contributed by atoms with Gasteiger partial charge in [-0.15, -0.1) is 0 Å². The third-order valence-corrected chi connectivity index (χ3v) is 12.1. The maximum absolute atomic E-state index is 13.8. The molecular formula is C43H52Cl2N8O8. The summed E-state index contributed by atoms with van der Waals surface area (Å²) in [5, 5.41) is 6.00. The molecule has 1 fully saturated rings. The quantitative estimate of drug-likeness (QED) is 0.102. The van der Waals surface area contributed by atoms with Crippen LogP contribution in [0.4, 0.5) is 9.59 Å². The minimum atomic E-state index is -0.795. The van der Waals surface area contributed by atoms with Gasteiger partial charge in [-0.25, -0.2) is 19.6 Å². The first-order chi connectivity index (χ1) is 29.1. The van der Waals surface area contributed by atoms with Gasteiger partial charge in [0.2, 0.25) is 11.8 Å². The van der Waals surface area contributed by atoms with E-state index in [4.69, 9.17) is 52.1 Å². The molecule has 0 spiro atoms. The number of aromatic nitrogens is 4. The Morgan fingerprint density at radius 1 is 0.836 bits per heavy atom. The van der Waals surface area contributed by atoms with Crippen LogP contribution in [-0.4, -0.2) is 93.1 Å². The molecule has 0 radical (unpaired) electrons. The number of halogens is 2. The first kappa shape index (κ1) is 43.6. The van der Waals surface area contributed by atoms with Gasteiger partial charge in [-0.3, -0.25) is 9.59 Å². The number of nitrogens with one attached hydrogen (secondary N) is 4. The molecule has 16 nitrogen and oxygen atoms in total. The fourth-order valence-electron chi connectivity index (χ4n) is 8.38. The van der Waals surface area contributed by atoms with Crippen LogP contribution in [0, 0.1) is 11.8 Å². The Bertz CT molecular complexity index is 2290. The summed E-state index contributed by atoms with van der Waals surface area (Å²) in [6.45, 7) is 12.8. The van der Waals surface area contributed by atoms with E-state index < -0.39 is 30.3 Å². The van der Waals surface area contributed by atoms with Crippen LogP contribution in [0.2, 0.25) is 10.3 Å². The number of nitrogens with zero attached hydrogens (tertiary/aromatic N) is 4. The Morgan fingerprint density at radius 2 is 1.38 bits per heavy atom. The number of carbonyl (C=O) groups excluding carboxylic acids is 4. The van der Waals surface area contributed by atoms with Crippen LogP contribution in [0.25, 0.3) is 33.6 Å². The molecule has 7 rings (SSSR count). The third kappa shape index (κ3) is 8.44. The summed E-state index contributed by atoms with van der Waals surface area (Å²) in [6, 6.07) is 5.43. The summed E-state index contributed by atoms with van der Waals surface area (Å²) >= 11 is 13.7. The molecule has 3 aliphatic rings.